The van der Waals surface area contributed by atoms with E-state index in [0.29, 0.717) is 50.6 Å². The second-order valence-corrected chi connectivity index (χ2v) is 10.1. The summed E-state index contributed by atoms with van der Waals surface area (Å²) >= 11 is 0. The summed E-state index contributed by atoms with van der Waals surface area (Å²) in [5.74, 6) is -1.64. The fraction of sp³-hybridized carbons (Fsp3) is 0.200. The number of carbonyl (C=O) groups is 3. The smallest absolute Gasteiger partial charge is 0.323 e. The van der Waals surface area contributed by atoms with Crippen molar-refractivity contribution in [2.75, 3.05) is 0 Å². The van der Waals surface area contributed by atoms with Crippen molar-refractivity contribution in [2.24, 2.45) is 0 Å². The zero-order valence-electron chi connectivity index (χ0n) is 22.9. The molecule has 3 aromatic heterocycles. The lowest BCUT2D eigenvalue weighted by Gasteiger charge is -2.23. The van der Waals surface area contributed by atoms with Gasteiger partial charge in [-0.3, -0.25) is 19.3 Å². The molecule has 0 aliphatic rings. The van der Waals surface area contributed by atoms with Crippen LogP contribution in [-0.4, -0.2) is 66.8 Å². The summed E-state index contributed by atoms with van der Waals surface area (Å²) in [4.78, 5) is 51.6. The molecule has 0 amide bonds. The first-order chi connectivity index (χ1) is 20.8. The minimum atomic E-state index is -1.03. The van der Waals surface area contributed by atoms with Gasteiger partial charge in [-0.2, -0.15) is 0 Å². The highest BCUT2D eigenvalue weighted by molar-refractivity contribution is 5.80. The summed E-state index contributed by atoms with van der Waals surface area (Å²) in [6.07, 6.45) is 0. The third-order valence-electron chi connectivity index (χ3n) is 7.18. The third kappa shape index (κ3) is 5.65. The zero-order valence-corrected chi connectivity index (χ0v) is 22.9. The number of carboxylic acids is 3. The molecule has 3 aromatic carbocycles. The number of aliphatic carboxylic acids is 3. The molecule has 0 bridgehead atoms. The number of aromatic nitrogens is 6. The first-order valence-electron chi connectivity index (χ1n) is 13.5. The molecule has 0 aliphatic heterocycles. The van der Waals surface area contributed by atoms with Gasteiger partial charge in [-0.25, -0.2) is 15.0 Å². The Morgan fingerprint density at radius 1 is 0.512 bits per heavy atom. The van der Waals surface area contributed by atoms with Crippen molar-refractivity contribution in [1.29, 1.82) is 0 Å². The van der Waals surface area contributed by atoms with Crippen molar-refractivity contribution in [3.05, 3.63) is 90.3 Å². The fourth-order valence-electron chi connectivity index (χ4n) is 5.44. The second-order valence-electron chi connectivity index (χ2n) is 10.1. The van der Waals surface area contributed by atoms with Crippen LogP contribution in [-0.2, 0) is 53.7 Å². The molecule has 6 rings (SSSR count). The molecule has 0 saturated heterocycles. The highest BCUT2D eigenvalue weighted by Crippen LogP contribution is 2.24. The van der Waals surface area contributed by atoms with Crippen LogP contribution in [0.2, 0.25) is 0 Å². The Morgan fingerprint density at radius 2 is 0.791 bits per heavy atom. The Hall–Kier alpha value is -5.56. The molecular weight excluding hydrogens is 554 g/mol. The van der Waals surface area contributed by atoms with Crippen LogP contribution in [0.4, 0.5) is 0 Å². The number of para-hydroxylation sites is 6. The molecule has 0 radical (unpaired) electrons. The lowest BCUT2D eigenvalue weighted by atomic mass is 10.3. The van der Waals surface area contributed by atoms with Gasteiger partial charge in [0.2, 0.25) is 0 Å². The van der Waals surface area contributed by atoms with E-state index in [2.05, 4.69) is 0 Å². The summed E-state index contributed by atoms with van der Waals surface area (Å²) in [7, 11) is 0. The van der Waals surface area contributed by atoms with Gasteiger partial charge >= 0.3 is 17.9 Å². The van der Waals surface area contributed by atoms with Crippen molar-refractivity contribution >= 4 is 51.0 Å². The Bertz CT molecular complexity index is 1780. The maximum Gasteiger partial charge on any atom is 0.323 e. The van der Waals surface area contributed by atoms with Gasteiger partial charge in [-0.1, -0.05) is 36.4 Å². The highest BCUT2D eigenvalue weighted by Gasteiger charge is 2.23. The number of imidazole rings is 3. The number of nitrogens with zero attached hydrogens (tertiary/aromatic N) is 7. The summed E-state index contributed by atoms with van der Waals surface area (Å²) in [6.45, 7) is -0.478. The monoisotopic (exact) mass is 581 g/mol. The molecular formula is C30H27N7O6. The number of rotatable bonds is 12. The summed E-state index contributed by atoms with van der Waals surface area (Å²) in [6, 6.07) is 21.7. The van der Waals surface area contributed by atoms with E-state index in [1.807, 2.05) is 41.3 Å². The van der Waals surface area contributed by atoms with E-state index < -0.39 is 17.9 Å². The van der Waals surface area contributed by atoms with E-state index in [-0.39, 0.29) is 39.3 Å². The highest BCUT2D eigenvalue weighted by atomic mass is 16.4. The van der Waals surface area contributed by atoms with Crippen LogP contribution in [0.15, 0.2) is 72.8 Å². The van der Waals surface area contributed by atoms with Gasteiger partial charge in [0.1, 0.15) is 37.1 Å². The van der Waals surface area contributed by atoms with Crippen molar-refractivity contribution in [2.45, 2.75) is 39.3 Å². The average Bonchev–Trinajstić information content (AvgIpc) is 3.60. The van der Waals surface area contributed by atoms with Crippen LogP contribution in [0.3, 0.4) is 0 Å². The number of benzene rings is 3. The molecule has 0 aliphatic carbocycles. The van der Waals surface area contributed by atoms with Crippen LogP contribution >= 0.6 is 0 Å². The molecule has 43 heavy (non-hydrogen) atoms. The van der Waals surface area contributed by atoms with Crippen molar-refractivity contribution < 1.29 is 29.7 Å². The summed E-state index contributed by atoms with van der Waals surface area (Å²) in [5, 5.41) is 29.0. The van der Waals surface area contributed by atoms with E-state index in [0.717, 1.165) is 0 Å². The molecule has 3 heterocycles. The quantitative estimate of drug-likeness (QED) is 0.195. The summed E-state index contributed by atoms with van der Waals surface area (Å²) in [5.41, 5.74) is 3.89. The minimum absolute atomic E-state index is 0.147. The predicted molar refractivity (Wildman–Crippen MR) is 155 cm³/mol. The van der Waals surface area contributed by atoms with Crippen LogP contribution in [0, 0.1) is 0 Å². The van der Waals surface area contributed by atoms with E-state index in [1.54, 1.807) is 50.1 Å². The van der Waals surface area contributed by atoms with Crippen molar-refractivity contribution in [1.82, 2.24) is 33.6 Å². The van der Waals surface area contributed by atoms with Crippen molar-refractivity contribution in [3.8, 4) is 0 Å². The third-order valence-corrected chi connectivity index (χ3v) is 7.18. The predicted octanol–water partition coefficient (Wildman–Crippen LogP) is 3.19. The van der Waals surface area contributed by atoms with Gasteiger partial charge < -0.3 is 29.0 Å². The maximum atomic E-state index is 11.8. The van der Waals surface area contributed by atoms with E-state index >= 15 is 0 Å². The van der Waals surface area contributed by atoms with E-state index in [1.165, 1.54) is 0 Å². The van der Waals surface area contributed by atoms with E-state index in [9.17, 15) is 29.7 Å². The SMILES string of the molecule is O=C(O)Cn1c(CN(Cc2nc3ccccc3n2CC(=O)O)Cc2nc3ccccc3n2CC(=O)O)nc2ccccc21. The molecule has 0 fully saturated rings. The maximum absolute atomic E-state index is 11.8. The molecule has 13 nitrogen and oxygen atoms in total. The molecule has 3 N–H and O–H groups in total. The average molecular weight is 582 g/mol. The second kappa shape index (κ2) is 11.4. The Morgan fingerprint density at radius 3 is 1.07 bits per heavy atom. The summed E-state index contributed by atoms with van der Waals surface area (Å²) < 4.78 is 4.89. The van der Waals surface area contributed by atoms with E-state index in [4.69, 9.17) is 15.0 Å². The van der Waals surface area contributed by atoms with Gasteiger partial charge in [0.15, 0.2) is 0 Å². The Kier molecular flexibility index (Phi) is 7.30. The molecule has 0 atom stereocenters. The first kappa shape index (κ1) is 27.6. The normalized spacial score (nSPS) is 11.7. The zero-order chi connectivity index (χ0) is 30.1. The van der Waals surface area contributed by atoms with Gasteiger partial charge in [0.25, 0.3) is 0 Å². The lowest BCUT2D eigenvalue weighted by molar-refractivity contribution is -0.138. The number of carboxylic acid groups (broad SMARTS) is 3. The Labute approximate surface area is 243 Å². The van der Waals surface area contributed by atoms with Gasteiger partial charge in [-0.15, -0.1) is 0 Å². The molecule has 13 heteroatoms. The van der Waals surface area contributed by atoms with Crippen LogP contribution < -0.4 is 0 Å². The molecule has 0 spiro atoms. The molecule has 0 saturated carbocycles. The molecule has 218 valence electrons. The fourth-order valence-corrected chi connectivity index (χ4v) is 5.44. The lowest BCUT2D eigenvalue weighted by Crippen LogP contribution is -2.29. The Balaban J connectivity index is 1.46. The number of fused-ring (bicyclic) bond motifs is 3. The van der Waals surface area contributed by atoms with Gasteiger partial charge in [0, 0.05) is 0 Å². The van der Waals surface area contributed by atoms with Crippen LogP contribution in [0.25, 0.3) is 33.1 Å². The van der Waals surface area contributed by atoms with Gasteiger partial charge in [-0.05, 0) is 36.4 Å². The largest absolute Gasteiger partial charge is 0.480 e. The molecule has 6 aromatic rings. The first-order valence-corrected chi connectivity index (χ1v) is 13.5. The standard InChI is InChI=1S/C30H27N7O6/c38-28(39)16-35-22-10-4-1-7-19(22)31-25(35)13-34(14-26-32-20-8-2-5-11-23(20)36(26)17-29(40)41)15-27-33-21-9-3-6-12-24(21)37(27)18-30(42)43/h1-12H,13-18H2,(H,38,39)(H,40,41)(H,42,43). The topological polar surface area (TPSA) is 169 Å². The molecule has 0 unspecified atom stereocenters. The van der Waals surface area contributed by atoms with Gasteiger partial charge in [0.05, 0.1) is 52.7 Å². The van der Waals surface area contributed by atoms with Crippen LogP contribution in [0.5, 0.6) is 0 Å². The van der Waals surface area contributed by atoms with Crippen LogP contribution in [0.1, 0.15) is 17.5 Å². The van der Waals surface area contributed by atoms with Crippen molar-refractivity contribution in [3.63, 3.8) is 0 Å². The number of hydrogen-bond acceptors (Lipinski definition) is 7. The minimum Gasteiger partial charge on any atom is -0.480 e. The number of hydrogen-bond donors (Lipinski definition) is 3.